The first kappa shape index (κ1) is 24.7. The Kier molecular flexibility index (Phi) is 9.21. The Hall–Kier alpha value is -2.97. The lowest BCUT2D eigenvalue weighted by molar-refractivity contribution is -0.132. The van der Waals surface area contributed by atoms with Crippen LogP contribution < -0.4 is 10.6 Å². The lowest BCUT2D eigenvalue weighted by atomic mass is 10.0. The average molecular weight is 471 g/mol. The summed E-state index contributed by atoms with van der Waals surface area (Å²) < 4.78 is 0. The third-order valence-corrected chi connectivity index (χ3v) is 5.72. The van der Waals surface area contributed by atoms with Gasteiger partial charge in [-0.25, -0.2) is 0 Å². The van der Waals surface area contributed by atoms with Crippen LogP contribution in [0.5, 0.6) is 0 Å². The van der Waals surface area contributed by atoms with Gasteiger partial charge in [-0.3, -0.25) is 9.59 Å². The molecule has 0 spiro atoms. The van der Waals surface area contributed by atoms with E-state index in [2.05, 4.69) is 33.0 Å². The van der Waals surface area contributed by atoms with Crippen LogP contribution in [0, 0.1) is 0 Å². The van der Waals surface area contributed by atoms with Gasteiger partial charge in [-0.2, -0.15) is 15.0 Å². The highest BCUT2D eigenvalue weighted by atomic mass is 35.5. The molecule has 1 aliphatic rings. The van der Waals surface area contributed by atoms with E-state index in [0.29, 0.717) is 26.1 Å². The van der Waals surface area contributed by atoms with Gasteiger partial charge in [0.15, 0.2) is 0 Å². The van der Waals surface area contributed by atoms with E-state index < -0.39 is 0 Å². The fourth-order valence-corrected chi connectivity index (χ4v) is 4.01. The number of benzene rings is 2. The van der Waals surface area contributed by atoms with Gasteiger partial charge in [-0.15, -0.1) is 12.4 Å². The molecule has 176 valence electrons. The normalized spacial score (nSPS) is 18.4. The molecule has 1 aromatic heterocycles. The molecule has 33 heavy (non-hydrogen) atoms. The minimum atomic E-state index is -0.00490. The molecule has 1 saturated heterocycles. The molecule has 2 amide bonds. The van der Waals surface area contributed by atoms with E-state index in [1.807, 2.05) is 47.4 Å². The molecule has 3 aromatic rings. The number of hydrogen-bond acceptors (Lipinski definition) is 5. The summed E-state index contributed by atoms with van der Waals surface area (Å²) in [6.45, 7) is 2.76. The Morgan fingerprint density at radius 2 is 1.58 bits per heavy atom. The second kappa shape index (κ2) is 12.3. The van der Waals surface area contributed by atoms with Crippen molar-refractivity contribution in [1.82, 2.24) is 30.5 Å². The number of halogens is 1. The molecular weight excluding hydrogens is 440 g/mol. The smallest absolute Gasteiger partial charge is 0.246 e. The molecule has 1 unspecified atom stereocenters. The minimum absolute atomic E-state index is 0. The van der Waals surface area contributed by atoms with Gasteiger partial charge in [0.25, 0.3) is 0 Å². The van der Waals surface area contributed by atoms with Gasteiger partial charge in [0.1, 0.15) is 17.6 Å². The highest BCUT2D eigenvalue weighted by Gasteiger charge is 2.18. The summed E-state index contributed by atoms with van der Waals surface area (Å²) in [4.78, 5) is 28.8. The van der Waals surface area contributed by atoms with Gasteiger partial charge in [0, 0.05) is 32.1 Å². The second-order valence-corrected chi connectivity index (χ2v) is 8.13. The largest absolute Gasteiger partial charge is 0.356 e. The number of hydrogen-bond donors (Lipinski definition) is 2. The molecule has 2 heterocycles. The van der Waals surface area contributed by atoms with Crippen molar-refractivity contribution in [1.29, 1.82) is 0 Å². The van der Waals surface area contributed by atoms with Crippen LogP contribution in [0.1, 0.15) is 37.3 Å². The van der Waals surface area contributed by atoms with E-state index in [4.69, 9.17) is 0 Å². The highest BCUT2D eigenvalue weighted by Crippen LogP contribution is 2.17. The zero-order valence-electron chi connectivity index (χ0n) is 18.7. The van der Waals surface area contributed by atoms with Crippen molar-refractivity contribution in [3.8, 4) is 0 Å². The lowest BCUT2D eigenvalue weighted by Gasteiger charge is -2.22. The van der Waals surface area contributed by atoms with E-state index in [1.165, 1.54) is 4.80 Å². The van der Waals surface area contributed by atoms with Gasteiger partial charge in [-0.05, 0) is 43.5 Å². The Morgan fingerprint density at radius 1 is 0.909 bits per heavy atom. The summed E-state index contributed by atoms with van der Waals surface area (Å²) >= 11 is 0. The highest BCUT2D eigenvalue weighted by molar-refractivity contribution is 5.85. The number of nitrogens with one attached hydrogen (secondary N) is 2. The summed E-state index contributed by atoms with van der Waals surface area (Å²) in [6.07, 6.45) is 2.95. The van der Waals surface area contributed by atoms with Crippen LogP contribution in [0.2, 0.25) is 0 Å². The first-order valence-electron chi connectivity index (χ1n) is 11.3. The Labute approximate surface area is 200 Å². The molecule has 2 aromatic carbocycles. The number of aromatic nitrogens is 3. The van der Waals surface area contributed by atoms with E-state index in [0.717, 1.165) is 42.4 Å². The predicted octanol–water partition coefficient (Wildman–Crippen LogP) is 2.70. The zero-order chi connectivity index (χ0) is 22.2. The van der Waals surface area contributed by atoms with Gasteiger partial charge < -0.3 is 15.5 Å². The molecule has 1 atom stereocenters. The SMILES string of the molecule is Cl.O=C1CC(c2ccccc2)NCCCCN(C(=O)Cn2nc3ccccc3n2)CCCN1. The van der Waals surface area contributed by atoms with Gasteiger partial charge in [-0.1, -0.05) is 42.5 Å². The number of amides is 2. The Balaban J connectivity index is 0.00000306. The van der Waals surface area contributed by atoms with Crippen LogP contribution in [-0.2, 0) is 16.1 Å². The van der Waals surface area contributed by atoms with Crippen molar-refractivity contribution in [3.63, 3.8) is 0 Å². The number of carbonyl (C=O) groups excluding carboxylic acids is 2. The standard InChI is InChI=1S/C24H30N6O2.ClH/c31-23-17-22(19-9-2-1-3-10-19)25-13-6-7-15-29(16-8-14-26-23)24(32)18-30-27-20-11-4-5-12-21(20)28-30;/h1-5,9-12,22,25H,6-8,13-18H2,(H,26,31);1H. The van der Waals surface area contributed by atoms with Crippen LogP contribution >= 0.6 is 12.4 Å². The number of carbonyl (C=O) groups is 2. The Bertz CT molecular complexity index is 1010. The molecule has 4 rings (SSSR count). The molecule has 9 heteroatoms. The van der Waals surface area contributed by atoms with Crippen LogP contribution in [0.3, 0.4) is 0 Å². The minimum Gasteiger partial charge on any atom is -0.356 e. The fraction of sp³-hybridized carbons (Fsp3) is 0.417. The molecular formula is C24H31ClN6O2. The zero-order valence-corrected chi connectivity index (χ0v) is 19.5. The van der Waals surface area contributed by atoms with Crippen LogP contribution in [0.4, 0.5) is 0 Å². The van der Waals surface area contributed by atoms with Crippen molar-refractivity contribution in [3.05, 3.63) is 60.2 Å². The van der Waals surface area contributed by atoms with Crippen molar-refractivity contribution in [2.75, 3.05) is 26.2 Å². The van der Waals surface area contributed by atoms with E-state index in [1.54, 1.807) is 0 Å². The van der Waals surface area contributed by atoms with E-state index in [9.17, 15) is 9.59 Å². The van der Waals surface area contributed by atoms with Gasteiger partial charge >= 0.3 is 0 Å². The quantitative estimate of drug-likeness (QED) is 0.614. The van der Waals surface area contributed by atoms with Gasteiger partial charge in [0.2, 0.25) is 11.8 Å². The first-order chi connectivity index (χ1) is 15.7. The summed E-state index contributed by atoms with van der Waals surface area (Å²) in [5.74, 6) is 0.0255. The maximum absolute atomic E-state index is 13.0. The molecule has 8 nitrogen and oxygen atoms in total. The fourth-order valence-electron chi connectivity index (χ4n) is 4.01. The summed E-state index contributed by atoms with van der Waals surface area (Å²) in [7, 11) is 0. The molecule has 2 N–H and O–H groups in total. The third kappa shape index (κ3) is 7.00. The topological polar surface area (TPSA) is 92.2 Å². The summed E-state index contributed by atoms with van der Waals surface area (Å²) in [5.41, 5.74) is 2.69. The van der Waals surface area contributed by atoms with Crippen LogP contribution in [0.25, 0.3) is 11.0 Å². The number of fused-ring (bicyclic) bond motifs is 1. The van der Waals surface area contributed by atoms with E-state index in [-0.39, 0.29) is 36.8 Å². The summed E-state index contributed by atoms with van der Waals surface area (Å²) in [5, 5.41) is 15.3. The summed E-state index contributed by atoms with van der Waals surface area (Å²) in [6, 6.07) is 17.7. The second-order valence-electron chi connectivity index (χ2n) is 8.13. The molecule has 0 aliphatic carbocycles. The molecule has 1 fully saturated rings. The van der Waals surface area contributed by atoms with Gasteiger partial charge in [0.05, 0.1) is 0 Å². The maximum atomic E-state index is 13.0. The van der Waals surface area contributed by atoms with Crippen LogP contribution in [0.15, 0.2) is 54.6 Å². The number of nitrogens with zero attached hydrogens (tertiary/aromatic N) is 4. The lowest BCUT2D eigenvalue weighted by Crippen LogP contribution is -2.37. The maximum Gasteiger partial charge on any atom is 0.246 e. The average Bonchev–Trinajstić information content (AvgIpc) is 3.22. The first-order valence-corrected chi connectivity index (χ1v) is 11.3. The molecule has 0 radical (unpaired) electrons. The molecule has 0 saturated carbocycles. The molecule has 1 aliphatic heterocycles. The van der Waals surface area contributed by atoms with Crippen molar-refractivity contribution in [2.24, 2.45) is 0 Å². The Morgan fingerprint density at radius 3 is 2.30 bits per heavy atom. The van der Waals surface area contributed by atoms with E-state index >= 15 is 0 Å². The predicted molar refractivity (Wildman–Crippen MR) is 130 cm³/mol. The van der Waals surface area contributed by atoms with Crippen LogP contribution in [-0.4, -0.2) is 57.9 Å². The van der Waals surface area contributed by atoms with Crippen molar-refractivity contribution < 1.29 is 9.59 Å². The molecule has 0 bridgehead atoms. The van der Waals surface area contributed by atoms with Crippen molar-refractivity contribution in [2.45, 2.75) is 38.3 Å². The monoisotopic (exact) mass is 470 g/mol. The third-order valence-electron chi connectivity index (χ3n) is 5.72. The van der Waals surface area contributed by atoms with Crippen molar-refractivity contribution >= 4 is 35.3 Å². The number of rotatable bonds is 3.